The Morgan fingerprint density at radius 3 is 2.56 bits per heavy atom. The first-order valence-electron chi connectivity index (χ1n) is 10.1. The van der Waals surface area contributed by atoms with Gasteiger partial charge in [-0.3, -0.25) is 14.7 Å². The predicted molar refractivity (Wildman–Crippen MR) is 123 cm³/mol. The van der Waals surface area contributed by atoms with Gasteiger partial charge in [0.15, 0.2) is 11.0 Å². The van der Waals surface area contributed by atoms with E-state index >= 15 is 0 Å². The largest absolute Gasteiger partial charge is 0.496 e. The van der Waals surface area contributed by atoms with Crippen molar-refractivity contribution in [3.05, 3.63) is 53.6 Å². The molecule has 3 aromatic rings. The number of halogens is 1. The summed E-state index contributed by atoms with van der Waals surface area (Å²) in [6.45, 7) is 1.72. The molecule has 1 aliphatic rings. The molecular weight excluding hydrogens is 450 g/mol. The van der Waals surface area contributed by atoms with Crippen molar-refractivity contribution < 1.29 is 14.3 Å². The van der Waals surface area contributed by atoms with Crippen LogP contribution < -0.4 is 15.4 Å². The molecular formula is C22H22ClN5O3S. The number of amides is 3. The number of benzene rings is 2. The van der Waals surface area contributed by atoms with Gasteiger partial charge in [-0.1, -0.05) is 35.5 Å². The maximum atomic E-state index is 12.5. The fourth-order valence-corrected chi connectivity index (χ4v) is 4.04. The second kappa shape index (κ2) is 9.62. The zero-order valence-electron chi connectivity index (χ0n) is 17.5. The van der Waals surface area contributed by atoms with Crippen LogP contribution in [0.5, 0.6) is 5.75 Å². The normalized spacial score (nSPS) is 14.0. The van der Waals surface area contributed by atoms with Crippen molar-refractivity contribution in [2.45, 2.75) is 36.2 Å². The Balaban J connectivity index is 1.64. The lowest BCUT2D eigenvalue weighted by Crippen LogP contribution is -2.43. The van der Waals surface area contributed by atoms with Gasteiger partial charge in [-0.25, -0.2) is 4.79 Å². The predicted octanol–water partition coefficient (Wildman–Crippen LogP) is 4.07. The molecule has 2 N–H and O–H groups in total. The number of carbonyl (C=O) groups is 2. The van der Waals surface area contributed by atoms with Gasteiger partial charge in [0.2, 0.25) is 5.91 Å². The summed E-state index contributed by atoms with van der Waals surface area (Å²) in [5.41, 5.74) is 1.53. The van der Waals surface area contributed by atoms with E-state index in [1.807, 2.05) is 41.0 Å². The van der Waals surface area contributed by atoms with E-state index in [1.54, 1.807) is 26.2 Å². The molecule has 1 heterocycles. The quantitative estimate of drug-likeness (QED) is 0.504. The lowest BCUT2D eigenvalue weighted by atomic mass is 10.2. The molecule has 1 unspecified atom stereocenters. The number of methoxy groups -OCH3 is 1. The van der Waals surface area contributed by atoms with Crippen LogP contribution in [-0.4, -0.2) is 45.1 Å². The average molecular weight is 472 g/mol. The number of urea groups is 1. The molecule has 1 atom stereocenters. The summed E-state index contributed by atoms with van der Waals surface area (Å²) in [7, 11) is 1.59. The van der Waals surface area contributed by atoms with E-state index in [0.29, 0.717) is 21.8 Å². The van der Waals surface area contributed by atoms with Gasteiger partial charge in [-0.2, -0.15) is 0 Å². The highest BCUT2D eigenvalue weighted by Gasteiger charge is 2.27. The van der Waals surface area contributed by atoms with Crippen LogP contribution in [-0.2, 0) is 4.79 Å². The molecule has 0 radical (unpaired) electrons. The van der Waals surface area contributed by atoms with E-state index in [1.165, 1.54) is 11.8 Å². The fourth-order valence-electron chi connectivity index (χ4n) is 3.05. The van der Waals surface area contributed by atoms with Crippen molar-refractivity contribution in [3.63, 3.8) is 0 Å². The molecule has 2 aromatic carbocycles. The van der Waals surface area contributed by atoms with Crippen molar-refractivity contribution in [1.82, 2.24) is 25.4 Å². The molecule has 1 aromatic heterocycles. The van der Waals surface area contributed by atoms with E-state index in [-0.39, 0.29) is 6.04 Å². The van der Waals surface area contributed by atoms with Gasteiger partial charge in [-0.05, 0) is 56.2 Å². The van der Waals surface area contributed by atoms with Gasteiger partial charge >= 0.3 is 6.03 Å². The summed E-state index contributed by atoms with van der Waals surface area (Å²) in [4.78, 5) is 24.5. The summed E-state index contributed by atoms with van der Waals surface area (Å²) < 4.78 is 7.34. The Bertz CT molecular complexity index is 1130. The van der Waals surface area contributed by atoms with E-state index in [2.05, 4.69) is 20.8 Å². The van der Waals surface area contributed by atoms with Crippen LogP contribution in [0.4, 0.5) is 4.79 Å². The molecule has 32 heavy (non-hydrogen) atoms. The number of hydrogen-bond acceptors (Lipinski definition) is 6. The van der Waals surface area contributed by atoms with Crippen LogP contribution in [0.1, 0.15) is 19.8 Å². The average Bonchev–Trinajstić information content (AvgIpc) is 3.51. The van der Waals surface area contributed by atoms with Gasteiger partial charge in [-0.15, -0.1) is 10.2 Å². The minimum atomic E-state index is -0.583. The van der Waals surface area contributed by atoms with Gasteiger partial charge in [0.1, 0.15) is 5.75 Å². The Kier molecular flexibility index (Phi) is 6.66. The van der Waals surface area contributed by atoms with E-state index in [0.717, 1.165) is 24.1 Å². The van der Waals surface area contributed by atoms with Crippen LogP contribution in [0.25, 0.3) is 17.1 Å². The number of rotatable bonds is 7. The van der Waals surface area contributed by atoms with Crippen molar-refractivity contribution in [2.75, 3.05) is 7.11 Å². The fraction of sp³-hybridized carbons (Fsp3) is 0.273. The molecule has 0 spiro atoms. The first-order valence-corrected chi connectivity index (χ1v) is 11.3. The molecule has 0 aliphatic heterocycles. The number of nitrogens with zero attached hydrogens (tertiary/aromatic N) is 3. The zero-order valence-corrected chi connectivity index (χ0v) is 19.1. The highest BCUT2D eigenvalue weighted by atomic mass is 35.5. The summed E-state index contributed by atoms with van der Waals surface area (Å²) in [5, 5.41) is 14.4. The Morgan fingerprint density at radius 2 is 1.88 bits per heavy atom. The molecule has 8 nitrogen and oxygen atoms in total. The number of nitrogens with one attached hydrogen (secondary N) is 2. The monoisotopic (exact) mass is 471 g/mol. The first-order chi connectivity index (χ1) is 15.5. The Hall–Kier alpha value is -3.04. The second-order valence-corrected chi connectivity index (χ2v) is 9.06. The molecule has 0 bridgehead atoms. The summed E-state index contributed by atoms with van der Waals surface area (Å²) in [6, 6.07) is 14.4. The zero-order chi connectivity index (χ0) is 22.7. The molecule has 4 rings (SSSR count). The third-order valence-electron chi connectivity index (χ3n) is 4.87. The summed E-state index contributed by atoms with van der Waals surface area (Å²) in [6.07, 6.45) is 1.89. The number of thioether (sulfide) groups is 1. The van der Waals surface area contributed by atoms with Crippen molar-refractivity contribution >= 4 is 35.3 Å². The van der Waals surface area contributed by atoms with Gasteiger partial charge in [0.25, 0.3) is 0 Å². The summed E-state index contributed by atoms with van der Waals surface area (Å²) in [5.74, 6) is 0.804. The molecule has 1 saturated carbocycles. The number of hydrogen-bond donors (Lipinski definition) is 2. The van der Waals surface area contributed by atoms with Crippen LogP contribution in [0.15, 0.2) is 53.7 Å². The minimum absolute atomic E-state index is 0.169. The third kappa shape index (κ3) is 5.05. The van der Waals surface area contributed by atoms with E-state index in [4.69, 9.17) is 16.3 Å². The van der Waals surface area contributed by atoms with Gasteiger partial charge in [0.05, 0.1) is 17.9 Å². The standard InChI is InChI=1S/C22H22ClN5O3S/c1-13(20(29)25-21(30)24-15-9-10-15)32-22-27-26-19(17-5-3-4-6-18(17)31-2)28(22)16-11-7-14(23)8-12-16/h3-8,11-13,15H,9-10H2,1-2H3,(H2,24,25,29,30). The Morgan fingerprint density at radius 1 is 1.16 bits per heavy atom. The van der Waals surface area contributed by atoms with Crippen molar-refractivity contribution in [3.8, 4) is 22.8 Å². The SMILES string of the molecule is COc1ccccc1-c1nnc(SC(C)C(=O)NC(=O)NC2CC2)n1-c1ccc(Cl)cc1. The molecule has 0 saturated heterocycles. The van der Waals surface area contributed by atoms with Gasteiger partial charge in [0, 0.05) is 16.8 Å². The van der Waals surface area contributed by atoms with Crippen LogP contribution in [0.2, 0.25) is 5.02 Å². The number of ether oxygens (including phenoxy) is 1. The minimum Gasteiger partial charge on any atom is -0.496 e. The number of carbonyl (C=O) groups excluding carboxylic acids is 2. The number of aromatic nitrogens is 3. The van der Waals surface area contributed by atoms with Gasteiger partial charge < -0.3 is 10.1 Å². The van der Waals surface area contributed by atoms with Crippen molar-refractivity contribution in [2.24, 2.45) is 0 Å². The van der Waals surface area contributed by atoms with E-state index < -0.39 is 17.2 Å². The van der Waals surface area contributed by atoms with Crippen molar-refractivity contribution in [1.29, 1.82) is 0 Å². The maximum absolute atomic E-state index is 12.5. The van der Waals surface area contributed by atoms with Crippen LogP contribution >= 0.6 is 23.4 Å². The highest BCUT2D eigenvalue weighted by molar-refractivity contribution is 8.00. The summed E-state index contributed by atoms with van der Waals surface area (Å²) >= 11 is 7.28. The maximum Gasteiger partial charge on any atom is 0.321 e. The molecule has 1 aliphatic carbocycles. The molecule has 166 valence electrons. The molecule has 3 amide bonds. The topological polar surface area (TPSA) is 98.1 Å². The third-order valence-corrected chi connectivity index (χ3v) is 6.16. The van der Waals surface area contributed by atoms with Crippen LogP contribution in [0, 0.1) is 0 Å². The highest BCUT2D eigenvalue weighted by Crippen LogP contribution is 2.34. The lowest BCUT2D eigenvalue weighted by molar-refractivity contribution is -0.119. The number of imide groups is 1. The first kappa shape index (κ1) is 22.2. The smallest absolute Gasteiger partial charge is 0.321 e. The Labute approximate surface area is 194 Å². The molecule has 10 heteroatoms. The van der Waals surface area contributed by atoms with Crippen LogP contribution in [0.3, 0.4) is 0 Å². The number of para-hydroxylation sites is 1. The lowest BCUT2D eigenvalue weighted by Gasteiger charge is -2.15. The second-order valence-electron chi connectivity index (χ2n) is 7.32. The molecule has 1 fully saturated rings. The van der Waals surface area contributed by atoms with E-state index in [9.17, 15) is 9.59 Å².